The smallest absolute Gasteiger partial charge is 0.264 e. The molecule has 0 fully saturated rings. The van der Waals surface area contributed by atoms with E-state index in [1.807, 2.05) is 13.0 Å². The van der Waals surface area contributed by atoms with E-state index >= 15 is 0 Å². The van der Waals surface area contributed by atoms with Crippen molar-refractivity contribution in [3.05, 3.63) is 97.1 Å². The lowest BCUT2D eigenvalue weighted by molar-refractivity contribution is 0.102. The van der Waals surface area contributed by atoms with Crippen LogP contribution in [0.1, 0.15) is 17.3 Å². The van der Waals surface area contributed by atoms with Crippen LogP contribution in [-0.2, 0) is 10.0 Å². The Kier molecular flexibility index (Phi) is 7.10. The molecule has 0 aliphatic heterocycles. The standard InChI is InChI=1S/C24H24N2O4S/c1-3-17-26(31(28,29)23-11-6-5-7-12-23)21-15-13-19(14-16-21)24(27)25-20-9-8-10-22(18-20)30-4-2/h3,5-16,18H,1,4,17H2,2H3,(H,25,27). The number of rotatable bonds is 9. The van der Waals surface area contributed by atoms with Gasteiger partial charge in [0.15, 0.2) is 0 Å². The quantitative estimate of drug-likeness (QED) is 0.493. The van der Waals surface area contributed by atoms with E-state index in [1.54, 1.807) is 72.8 Å². The topological polar surface area (TPSA) is 75.7 Å². The van der Waals surface area contributed by atoms with Crippen molar-refractivity contribution in [2.24, 2.45) is 0 Å². The van der Waals surface area contributed by atoms with E-state index in [1.165, 1.54) is 10.4 Å². The predicted octanol–water partition coefficient (Wildman–Crippen LogP) is 4.72. The molecule has 0 aliphatic rings. The largest absolute Gasteiger partial charge is 0.494 e. The lowest BCUT2D eigenvalue weighted by Gasteiger charge is -2.23. The maximum Gasteiger partial charge on any atom is 0.264 e. The van der Waals surface area contributed by atoms with Gasteiger partial charge in [-0.1, -0.05) is 30.3 Å². The molecule has 7 heteroatoms. The first kappa shape index (κ1) is 22.1. The van der Waals surface area contributed by atoms with Gasteiger partial charge in [-0.05, 0) is 55.5 Å². The third-order valence-corrected chi connectivity index (χ3v) is 6.25. The highest BCUT2D eigenvalue weighted by atomic mass is 32.2. The molecular formula is C24H24N2O4S. The van der Waals surface area contributed by atoms with Crippen LogP contribution in [0.5, 0.6) is 5.75 Å². The SMILES string of the molecule is C=CCN(c1ccc(C(=O)Nc2cccc(OCC)c2)cc1)S(=O)(=O)c1ccccc1. The minimum atomic E-state index is -3.76. The number of anilines is 2. The number of hydrogen-bond donors (Lipinski definition) is 1. The van der Waals surface area contributed by atoms with Crippen molar-refractivity contribution in [3.8, 4) is 5.75 Å². The molecule has 3 aromatic rings. The Labute approximate surface area is 182 Å². The second-order valence-electron chi connectivity index (χ2n) is 6.60. The minimum absolute atomic E-state index is 0.104. The number of sulfonamides is 1. The lowest BCUT2D eigenvalue weighted by atomic mass is 10.2. The summed E-state index contributed by atoms with van der Waals surface area (Å²) in [5.74, 6) is 0.364. The molecule has 1 amide bonds. The summed E-state index contributed by atoms with van der Waals surface area (Å²) >= 11 is 0. The van der Waals surface area contributed by atoms with E-state index in [4.69, 9.17) is 4.74 Å². The predicted molar refractivity (Wildman–Crippen MR) is 123 cm³/mol. The summed E-state index contributed by atoms with van der Waals surface area (Å²) < 4.78 is 32.8. The number of nitrogens with one attached hydrogen (secondary N) is 1. The van der Waals surface area contributed by atoms with Gasteiger partial charge in [0.1, 0.15) is 5.75 Å². The van der Waals surface area contributed by atoms with Crippen LogP contribution in [0, 0.1) is 0 Å². The Balaban J connectivity index is 1.81. The highest BCUT2D eigenvalue weighted by Gasteiger charge is 2.24. The maximum atomic E-state index is 13.1. The van der Waals surface area contributed by atoms with Gasteiger partial charge in [-0.15, -0.1) is 6.58 Å². The van der Waals surface area contributed by atoms with Gasteiger partial charge in [-0.25, -0.2) is 8.42 Å². The average molecular weight is 437 g/mol. The van der Waals surface area contributed by atoms with E-state index < -0.39 is 10.0 Å². The molecule has 3 aromatic carbocycles. The van der Waals surface area contributed by atoms with Crippen molar-refractivity contribution in [3.63, 3.8) is 0 Å². The Morgan fingerprint density at radius 1 is 1.03 bits per heavy atom. The Bertz CT molecular complexity index is 1140. The van der Waals surface area contributed by atoms with Gasteiger partial charge in [-0.3, -0.25) is 9.10 Å². The molecule has 0 aromatic heterocycles. The highest BCUT2D eigenvalue weighted by Crippen LogP contribution is 2.24. The van der Waals surface area contributed by atoms with Crippen LogP contribution in [0.4, 0.5) is 11.4 Å². The summed E-state index contributed by atoms with van der Waals surface area (Å²) in [6.45, 7) is 6.19. The van der Waals surface area contributed by atoms with Crippen molar-refractivity contribution in [1.82, 2.24) is 0 Å². The lowest BCUT2D eigenvalue weighted by Crippen LogP contribution is -2.31. The maximum absolute atomic E-state index is 13.1. The van der Waals surface area contributed by atoms with Crippen LogP contribution in [0.15, 0.2) is 96.4 Å². The number of hydrogen-bond acceptors (Lipinski definition) is 4. The van der Waals surface area contributed by atoms with Crippen LogP contribution in [0.25, 0.3) is 0 Å². The van der Waals surface area contributed by atoms with Crippen molar-refractivity contribution in [2.75, 3.05) is 22.8 Å². The summed E-state index contributed by atoms with van der Waals surface area (Å²) in [7, 11) is -3.76. The van der Waals surface area contributed by atoms with E-state index in [-0.39, 0.29) is 17.3 Å². The molecule has 0 saturated carbocycles. The summed E-state index contributed by atoms with van der Waals surface area (Å²) in [5, 5.41) is 2.82. The number of carbonyl (C=O) groups is 1. The molecule has 0 atom stereocenters. The number of benzene rings is 3. The van der Waals surface area contributed by atoms with E-state index in [2.05, 4.69) is 11.9 Å². The fraction of sp³-hybridized carbons (Fsp3) is 0.125. The molecule has 0 heterocycles. The van der Waals surface area contributed by atoms with Crippen LogP contribution in [-0.4, -0.2) is 27.5 Å². The summed E-state index contributed by atoms with van der Waals surface area (Å²) in [5.41, 5.74) is 1.46. The molecule has 0 saturated heterocycles. The summed E-state index contributed by atoms with van der Waals surface area (Å²) in [4.78, 5) is 12.8. The first-order chi connectivity index (χ1) is 15.0. The van der Waals surface area contributed by atoms with Gasteiger partial charge in [0.2, 0.25) is 0 Å². The molecule has 0 aliphatic carbocycles. The summed E-state index contributed by atoms with van der Waals surface area (Å²) in [6, 6.07) is 21.7. The minimum Gasteiger partial charge on any atom is -0.494 e. The molecule has 3 rings (SSSR count). The van der Waals surface area contributed by atoms with Gasteiger partial charge in [0, 0.05) is 17.3 Å². The van der Waals surface area contributed by atoms with Gasteiger partial charge in [-0.2, -0.15) is 0 Å². The van der Waals surface area contributed by atoms with E-state index in [9.17, 15) is 13.2 Å². The summed E-state index contributed by atoms with van der Waals surface area (Å²) in [6.07, 6.45) is 1.52. The molecule has 0 unspecified atom stereocenters. The molecule has 31 heavy (non-hydrogen) atoms. The average Bonchev–Trinajstić information content (AvgIpc) is 2.78. The zero-order valence-corrected chi connectivity index (χ0v) is 18.0. The fourth-order valence-electron chi connectivity index (χ4n) is 2.99. The first-order valence-corrected chi connectivity index (χ1v) is 11.2. The van der Waals surface area contributed by atoms with Gasteiger partial charge < -0.3 is 10.1 Å². The zero-order chi connectivity index (χ0) is 22.3. The molecular weight excluding hydrogens is 412 g/mol. The van der Waals surface area contributed by atoms with Crippen LogP contribution < -0.4 is 14.4 Å². The van der Waals surface area contributed by atoms with Crippen molar-refractivity contribution in [1.29, 1.82) is 0 Å². The van der Waals surface area contributed by atoms with Gasteiger partial charge in [0.05, 0.1) is 23.7 Å². The Morgan fingerprint density at radius 3 is 2.39 bits per heavy atom. The fourth-order valence-corrected chi connectivity index (χ4v) is 4.45. The number of amides is 1. The van der Waals surface area contributed by atoms with Gasteiger partial charge in [0.25, 0.3) is 15.9 Å². The van der Waals surface area contributed by atoms with Crippen molar-refractivity contribution < 1.29 is 17.9 Å². The van der Waals surface area contributed by atoms with Crippen LogP contribution in [0.3, 0.4) is 0 Å². The molecule has 0 radical (unpaired) electrons. The Morgan fingerprint density at radius 2 is 1.74 bits per heavy atom. The molecule has 1 N–H and O–H groups in total. The second-order valence-corrected chi connectivity index (χ2v) is 8.46. The van der Waals surface area contributed by atoms with Crippen LogP contribution in [0.2, 0.25) is 0 Å². The molecule has 0 bridgehead atoms. The normalized spacial score (nSPS) is 10.9. The number of ether oxygens (including phenoxy) is 1. The second kappa shape index (κ2) is 9.95. The molecule has 0 spiro atoms. The number of carbonyl (C=O) groups excluding carboxylic acids is 1. The van der Waals surface area contributed by atoms with E-state index in [0.717, 1.165) is 0 Å². The zero-order valence-electron chi connectivity index (χ0n) is 17.2. The first-order valence-electron chi connectivity index (χ1n) is 9.78. The third kappa shape index (κ3) is 5.32. The highest BCUT2D eigenvalue weighted by molar-refractivity contribution is 7.92. The Hall–Kier alpha value is -3.58. The van der Waals surface area contributed by atoms with Crippen molar-refractivity contribution >= 4 is 27.3 Å². The molecule has 6 nitrogen and oxygen atoms in total. The molecule has 160 valence electrons. The van der Waals surface area contributed by atoms with Gasteiger partial charge >= 0.3 is 0 Å². The number of nitrogens with zero attached hydrogens (tertiary/aromatic N) is 1. The third-order valence-electron chi connectivity index (χ3n) is 4.45. The van der Waals surface area contributed by atoms with E-state index in [0.29, 0.717) is 29.3 Å². The monoisotopic (exact) mass is 436 g/mol. The van der Waals surface area contributed by atoms with Crippen LogP contribution >= 0.6 is 0 Å². The van der Waals surface area contributed by atoms with Crippen molar-refractivity contribution in [2.45, 2.75) is 11.8 Å².